The molecule has 0 radical (unpaired) electrons. The molecular formula is C23H19ClF5N5O2. The Balaban J connectivity index is 1.89. The van der Waals surface area contributed by atoms with Gasteiger partial charge < -0.3 is 16.0 Å². The molecule has 0 aliphatic rings. The molecule has 36 heavy (non-hydrogen) atoms. The second-order valence-electron chi connectivity index (χ2n) is 8.05. The Labute approximate surface area is 207 Å². The fraction of sp³-hybridized carbons (Fsp3) is 0.217. The first-order valence-corrected chi connectivity index (χ1v) is 10.6. The SMILES string of the molecule is CNc1cc(C(C)(C)C(=O)Nc2c(F)ccc(C(=O)Nc3ccc(Cl)c(C(F)(F)F)c3)c2F)ncn1. The molecule has 2 aromatic carbocycles. The zero-order chi connectivity index (χ0) is 26.8. The number of benzene rings is 2. The summed E-state index contributed by atoms with van der Waals surface area (Å²) in [5, 5.41) is 6.44. The van der Waals surface area contributed by atoms with E-state index < -0.39 is 56.9 Å². The van der Waals surface area contributed by atoms with Crippen molar-refractivity contribution in [2.24, 2.45) is 0 Å². The third-order valence-corrected chi connectivity index (χ3v) is 5.56. The third-order valence-electron chi connectivity index (χ3n) is 5.24. The summed E-state index contributed by atoms with van der Waals surface area (Å²) < 4.78 is 68.8. The third kappa shape index (κ3) is 5.54. The van der Waals surface area contributed by atoms with Gasteiger partial charge in [0.1, 0.15) is 23.6 Å². The van der Waals surface area contributed by atoms with Crippen LogP contribution >= 0.6 is 11.6 Å². The van der Waals surface area contributed by atoms with Crippen molar-refractivity contribution < 1.29 is 31.5 Å². The van der Waals surface area contributed by atoms with Gasteiger partial charge in [-0.1, -0.05) is 11.6 Å². The van der Waals surface area contributed by atoms with Crippen LogP contribution in [-0.4, -0.2) is 28.8 Å². The van der Waals surface area contributed by atoms with Gasteiger partial charge in [0, 0.05) is 18.8 Å². The largest absolute Gasteiger partial charge is 0.417 e. The van der Waals surface area contributed by atoms with Crippen LogP contribution in [0.1, 0.15) is 35.5 Å². The van der Waals surface area contributed by atoms with E-state index in [2.05, 4.69) is 25.9 Å². The van der Waals surface area contributed by atoms with Crippen molar-refractivity contribution in [2.75, 3.05) is 23.0 Å². The molecule has 190 valence electrons. The molecule has 3 rings (SSSR count). The molecule has 0 aliphatic heterocycles. The minimum Gasteiger partial charge on any atom is -0.373 e. The number of nitrogens with one attached hydrogen (secondary N) is 3. The predicted molar refractivity (Wildman–Crippen MR) is 124 cm³/mol. The van der Waals surface area contributed by atoms with Crippen LogP contribution < -0.4 is 16.0 Å². The minimum absolute atomic E-state index is 0.247. The van der Waals surface area contributed by atoms with Crippen molar-refractivity contribution in [1.29, 1.82) is 0 Å². The van der Waals surface area contributed by atoms with E-state index in [1.165, 1.54) is 26.2 Å². The molecule has 2 amide bonds. The minimum atomic E-state index is -4.79. The standard InChI is InChI=1S/C23H19ClF5N5O2/c1-22(2,16-9-17(30-3)32-10-31-16)21(36)34-19-15(25)7-5-12(18(19)26)20(35)33-11-4-6-14(24)13(8-11)23(27,28)29/h4-10H,1-3H3,(H,33,35)(H,34,36)(H,30,31,32). The fourth-order valence-corrected chi connectivity index (χ4v) is 3.31. The summed E-state index contributed by atoms with van der Waals surface area (Å²) in [5.74, 6) is -4.19. The van der Waals surface area contributed by atoms with Crippen LogP contribution in [0.4, 0.5) is 39.1 Å². The lowest BCUT2D eigenvalue weighted by atomic mass is 9.87. The molecule has 0 spiro atoms. The van der Waals surface area contributed by atoms with Crippen LogP contribution in [0, 0.1) is 11.6 Å². The van der Waals surface area contributed by atoms with Crippen LogP contribution in [0.15, 0.2) is 42.7 Å². The normalized spacial score (nSPS) is 11.7. The quantitative estimate of drug-likeness (QED) is 0.361. The van der Waals surface area contributed by atoms with Gasteiger partial charge in [0.25, 0.3) is 5.91 Å². The molecule has 13 heteroatoms. The molecule has 3 N–H and O–H groups in total. The molecule has 0 bridgehead atoms. The highest BCUT2D eigenvalue weighted by atomic mass is 35.5. The predicted octanol–water partition coefficient (Wildman–Crippen LogP) is 5.64. The van der Waals surface area contributed by atoms with Crippen LogP contribution in [0.25, 0.3) is 0 Å². The molecule has 7 nitrogen and oxygen atoms in total. The monoisotopic (exact) mass is 527 g/mol. The molecule has 0 aliphatic carbocycles. The van der Waals surface area contributed by atoms with Gasteiger partial charge in [-0.05, 0) is 44.2 Å². The summed E-state index contributed by atoms with van der Waals surface area (Å²) in [6, 6.07) is 5.61. The fourth-order valence-electron chi connectivity index (χ4n) is 3.08. The van der Waals surface area contributed by atoms with Gasteiger partial charge in [-0.2, -0.15) is 13.2 Å². The van der Waals surface area contributed by atoms with Crippen molar-refractivity contribution in [3.63, 3.8) is 0 Å². The Bertz CT molecular complexity index is 1330. The Morgan fingerprint density at radius 3 is 2.31 bits per heavy atom. The van der Waals surface area contributed by atoms with Crippen LogP contribution in [0.5, 0.6) is 0 Å². The summed E-state index contributed by atoms with van der Waals surface area (Å²) in [5.41, 5.74) is -4.28. The Kier molecular flexibility index (Phi) is 7.48. The molecule has 0 unspecified atom stereocenters. The molecule has 0 saturated heterocycles. The van der Waals surface area contributed by atoms with Gasteiger partial charge in [0.15, 0.2) is 5.82 Å². The zero-order valence-corrected chi connectivity index (χ0v) is 19.8. The van der Waals surface area contributed by atoms with E-state index in [0.717, 1.165) is 24.3 Å². The number of hydrogen-bond acceptors (Lipinski definition) is 5. The van der Waals surface area contributed by atoms with E-state index in [4.69, 9.17) is 11.6 Å². The van der Waals surface area contributed by atoms with E-state index in [1.54, 1.807) is 7.05 Å². The van der Waals surface area contributed by atoms with E-state index >= 15 is 4.39 Å². The first-order chi connectivity index (χ1) is 16.8. The zero-order valence-electron chi connectivity index (χ0n) is 19.0. The topological polar surface area (TPSA) is 96.0 Å². The summed E-state index contributed by atoms with van der Waals surface area (Å²) in [7, 11) is 1.61. The van der Waals surface area contributed by atoms with E-state index in [0.29, 0.717) is 11.9 Å². The molecule has 3 aromatic rings. The van der Waals surface area contributed by atoms with Gasteiger partial charge in [0.05, 0.1) is 27.3 Å². The smallest absolute Gasteiger partial charge is 0.373 e. The number of hydrogen-bond donors (Lipinski definition) is 3. The molecular weight excluding hydrogens is 509 g/mol. The van der Waals surface area contributed by atoms with E-state index in [-0.39, 0.29) is 11.4 Å². The van der Waals surface area contributed by atoms with Gasteiger partial charge in [-0.25, -0.2) is 18.7 Å². The van der Waals surface area contributed by atoms with Crippen molar-refractivity contribution >= 4 is 40.6 Å². The molecule has 1 aromatic heterocycles. The van der Waals surface area contributed by atoms with Crippen molar-refractivity contribution in [3.8, 4) is 0 Å². The van der Waals surface area contributed by atoms with Crippen molar-refractivity contribution in [2.45, 2.75) is 25.4 Å². The van der Waals surface area contributed by atoms with Gasteiger partial charge in [0.2, 0.25) is 5.91 Å². The Morgan fingerprint density at radius 1 is 0.972 bits per heavy atom. The number of anilines is 3. The number of aromatic nitrogens is 2. The summed E-state index contributed by atoms with van der Waals surface area (Å²) >= 11 is 5.56. The highest BCUT2D eigenvalue weighted by Crippen LogP contribution is 2.36. The number of carbonyl (C=O) groups is 2. The summed E-state index contributed by atoms with van der Waals surface area (Å²) in [6.45, 7) is 2.94. The van der Waals surface area contributed by atoms with E-state index in [1.807, 2.05) is 0 Å². The average molecular weight is 528 g/mol. The molecule has 0 fully saturated rings. The second-order valence-corrected chi connectivity index (χ2v) is 8.46. The lowest BCUT2D eigenvalue weighted by molar-refractivity contribution is -0.137. The molecule has 0 atom stereocenters. The maximum atomic E-state index is 15.1. The summed E-state index contributed by atoms with van der Waals surface area (Å²) in [6.07, 6.45) is -3.58. The first kappa shape index (κ1) is 26.8. The van der Waals surface area contributed by atoms with Crippen molar-refractivity contribution in [3.05, 3.63) is 76.2 Å². The van der Waals surface area contributed by atoms with Crippen LogP contribution in [-0.2, 0) is 16.4 Å². The van der Waals surface area contributed by atoms with Crippen LogP contribution in [0.3, 0.4) is 0 Å². The van der Waals surface area contributed by atoms with E-state index in [9.17, 15) is 27.2 Å². The maximum absolute atomic E-state index is 15.1. The second kappa shape index (κ2) is 10.1. The number of carbonyl (C=O) groups excluding carboxylic acids is 2. The van der Waals surface area contributed by atoms with Crippen molar-refractivity contribution in [1.82, 2.24) is 9.97 Å². The Hall–Kier alpha value is -3.80. The first-order valence-electron chi connectivity index (χ1n) is 10.2. The lowest BCUT2D eigenvalue weighted by Crippen LogP contribution is -2.36. The highest BCUT2D eigenvalue weighted by molar-refractivity contribution is 6.31. The number of halogens is 6. The number of nitrogens with zero attached hydrogens (tertiary/aromatic N) is 2. The Morgan fingerprint density at radius 2 is 1.67 bits per heavy atom. The molecule has 1 heterocycles. The highest BCUT2D eigenvalue weighted by Gasteiger charge is 2.35. The summed E-state index contributed by atoms with van der Waals surface area (Å²) in [4.78, 5) is 33.5. The van der Waals surface area contributed by atoms with Crippen LogP contribution in [0.2, 0.25) is 5.02 Å². The number of rotatable bonds is 6. The average Bonchev–Trinajstić information content (AvgIpc) is 2.82. The number of amides is 2. The van der Waals surface area contributed by atoms with Gasteiger partial charge >= 0.3 is 6.18 Å². The maximum Gasteiger partial charge on any atom is 0.417 e. The molecule has 0 saturated carbocycles. The lowest BCUT2D eigenvalue weighted by Gasteiger charge is -2.24. The number of alkyl halides is 3. The van der Waals surface area contributed by atoms with Gasteiger partial charge in [-0.15, -0.1) is 0 Å². The van der Waals surface area contributed by atoms with Gasteiger partial charge in [-0.3, -0.25) is 9.59 Å².